The molecule has 25 heavy (non-hydrogen) atoms. The number of carbonyl (C=O) groups is 1. The summed E-state index contributed by atoms with van der Waals surface area (Å²) in [5.41, 5.74) is 1.16. The van der Waals surface area contributed by atoms with E-state index < -0.39 is 0 Å². The predicted molar refractivity (Wildman–Crippen MR) is 93.1 cm³/mol. The van der Waals surface area contributed by atoms with Crippen LogP contribution in [0.1, 0.15) is 48.4 Å². The van der Waals surface area contributed by atoms with E-state index in [0.717, 1.165) is 30.1 Å². The third-order valence-electron chi connectivity index (χ3n) is 5.34. The van der Waals surface area contributed by atoms with Crippen molar-refractivity contribution in [2.45, 2.75) is 44.2 Å². The van der Waals surface area contributed by atoms with Crippen LogP contribution in [-0.2, 0) is 22.5 Å². The van der Waals surface area contributed by atoms with Gasteiger partial charge in [0.15, 0.2) is 5.82 Å². The fourth-order valence-electron chi connectivity index (χ4n) is 3.71. The van der Waals surface area contributed by atoms with Crippen LogP contribution in [0.2, 0.25) is 0 Å². The van der Waals surface area contributed by atoms with Crippen molar-refractivity contribution in [3.63, 3.8) is 0 Å². The summed E-state index contributed by atoms with van der Waals surface area (Å²) in [5.74, 6) is 2.51. The molecular weight excluding hydrogens is 316 g/mol. The molecule has 1 amide bonds. The first-order chi connectivity index (χ1) is 12.3. The summed E-state index contributed by atoms with van der Waals surface area (Å²) in [5, 5.41) is 8.89. The van der Waals surface area contributed by atoms with Crippen LogP contribution in [-0.4, -0.2) is 45.8 Å². The van der Waals surface area contributed by atoms with Crippen LogP contribution in [0, 0.1) is 0 Å². The molecule has 2 heterocycles. The van der Waals surface area contributed by atoms with E-state index in [0.29, 0.717) is 32.0 Å². The SMILES string of the molecule is COCCN1Cc2nnc(C3CCC3)n2[C@H](Cc2ccccc2)C1=O. The highest BCUT2D eigenvalue weighted by molar-refractivity contribution is 5.82. The van der Waals surface area contributed by atoms with E-state index in [1.165, 1.54) is 6.42 Å². The summed E-state index contributed by atoms with van der Waals surface area (Å²) < 4.78 is 7.30. The zero-order valence-corrected chi connectivity index (χ0v) is 14.6. The topological polar surface area (TPSA) is 60.2 Å². The molecule has 0 N–H and O–H groups in total. The van der Waals surface area contributed by atoms with Gasteiger partial charge in [-0.3, -0.25) is 4.79 Å². The Morgan fingerprint density at radius 3 is 2.68 bits per heavy atom. The Morgan fingerprint density at radius 2 is 2.00 bits per heavy atom. The van der Waals surface area contributed by atoms with E-state index in [4.69, 9.17) is 4.74 Å². The quantitative estimate of drug-likeness (QED) is 0.810. The van der Waals surface area contributed by atoms with Gasteiger partial charge in [-0.1, -0.05) is 36.8 Å². The van der Waals surface area contributed by atoms with Crippen LogP contribution in [0.4, 0.5) is 0 Å². The zero-order chi connectivity index (χ0) is 17.2. The van der Waals surface area contributed by atoms with Crippen molar-refractivity contribution in [2.24, 2.45) is 0 Å². The Bertz CT molecular complexity index is 739. The molecule has 0 radical (unpaired) electrons. The Kier molecular flexibility index (Phi) is 4.53. The first kappa shape index (κ1) is 16.3. The van der Waals surface area contributed by atoms with Crippen molar-refractivity contribution in [3.05, 3.63) is 47.5 Å². The minimum absolute atomic E-state index is 0.147. The second kappa shape index (κ2) is 6.96. The molecule has 6 nitrogen and oxygen atoms in total. The zero-order valence-electron chi connectivity index (χ0n) is 14.6. The fourth-order valence-corrected chi connectivity index (χ4v) is 3.71. The number of hydrogen-bond donors (Lipinski definition) is 0. The van der Waals surface area contributed by atoms with E-state index in [1.54, 1.807) is 7.11 Å². The number of aromatic nitrogens is 3. The second-order valence-electron chi connectivity index (χ2n) is 6.93. The van der Waals surface area contributed by atoms with Crippen molar-refractivity contribution in [3.8, 4) is 0 Å². The normalized spacial score (nSPS) is 20.4. The molecule has 0 unspecified atom stereocenters. The Hall–Kier alpha value is -2.21. The van der Waals surface area contributed by atoms with Crippen LogP contribution in [0.25, 0.3) is 0 Å². The van der Waals surface area contributed by atoms with Crippen molar-refractivity contribution >= 4 is 5.91 Å². The number of amides is 1. The standard InChI is InChI=1S/C19H24N4O2/c1-25-11-10-22-13-17-20-21-18(15-8-5-9-15)23(17)16(19(22)24)12-14-6-3-2-4-7-14/h2-4,6-7,15-16H,5,8-13H2,1H3/t16-/m1/s1. The number of methoxy groups -OCH3 is 1. The predicted octanol–water partition coefficient (Wildman–Crippen LogP) is 2.32. The maximum absolute atomic E-state index is 13.2. The van der Waals surface area contributed by atoms with Crippen molar-refractivity contribution in [1.29, 1.82) is 0 Å². The largest absolute Gasteiger partial charge is 0.383 e. The van der Waals surface area contributed by atoms with Gasteiger partial charge in [-0.2, -0.15) is 0 Å². The summed E-state index contributed by atoms with van der Waals surface area (Å²) in [6.45, 7) is 1.65. The fraction of sp³-hybridized carbons (Fsp3) is 0.526. The summed E-state index contributed by atoms with van der Waals surface area (Å²) >= 11 is 0. The van der Waals surface area contributed by atoms with Gasteiger partial charge in [0.25, 0.3) is 0 Å². The summed E-state index contributed by atoms with van der Waals surface area (Å²) in [7, 11) is 1.66. The number of benzene rings is 1. The molecule has 2 aliphatic rings. The lowest BCUT2D eigenvalue weighted by molar-refractivity contribution is -0.138. The molecule has 1 atom stereocenters. The lowest BCUT2D eigenvalue weighted by atomic mass is 9.84. The van der Waals surface area contributed by atoms with Crippen LogP contribution >= 0.6 is 0 Å². The van der Waals surface area contributed by atoms with Crippen molar-refractivity contribution in [2.75, 3.05) is 20.3 Å². The molecule has 1 fully saturated rings. The number of nitrogens with zero attached hydrogens (tertiary/aromatic N) is 4. The third-order valence-corrected chi connectivity index (χ3v) is 5.34. The third kappa shape index (κ3) is 3.06. The average Bonchev–Trinajstić information content (AvgIpc) is 2.98. The van der Waals surface area contributed by atoms with Gasteiger partial charge >= 0.3 is 0 Å². The van der Waals surface area contributed by atoms with Crippen LogP contribution in [0.15, 0.2) is 30.3 Å². The lowest BCUT2D eigenvalue weighted by Crippen LogP contribution is -2.45. The molecule has 0 saturated heterocycles. The first-order valence-electron chi connectivity index (χ1n) is 9.03. The Balaban J connectivity index is 1.68. The molecule has 1 aromatic carbocycles. The maximum atomic E-state index is 13.2. The highest BCUT2D eigenvalue weighted by Crippen LogP contribution is 2.38. The van der Waals surface area contributed by atoms with E-state index in [1.807, 2.05) is 23.1 Å². The molecule has 0 spiro atoms. The molecule has 1 aliphatic heterocycles. The van der Waals surface area contributed by atoms with E-state index >= 15 is 0 Å². The highest BCUT2D eigenvalue weighted by atomic mass is 16.5. The molecule has 4 rings (SSSR count). The van der Waals surface area contributed by atoms with Crippen LogP contribution in [0.3, 0.4) is 0 Å². The lowest BCUT2D eigenvalue weighted by Gasteiger charge is -2.35. The molecule has 0 bridgehead atoms. The summed E-state index contributed by atoms with van der Waals surface area (Å²) in [6.07, 6.45) is 4.22. The number of carbonyl (C=O) groups excluding carboxylic acids is 1. The molecular formula is C19H24N4O2. The molecule has 1 saturated carbocycles. The van der Waals surface area contributed by atoms with Gasteiger partial charge < -0.3 is 14.2 Å². The molecule has 132 valence electrons. The van der Waals surface area contributed by atoms with Gasteiger partial charge in [-0.05, 0) is 18.4 Å². The number of ether oxygens (including phenoxy) is 1. The average molecular weight is 340 g/mol. The Labute approximate surface area is 147 Å². The summed E-state index contributed by atoms with van der Waals surface area (Å²) in [6, 6.07) is 9.94. The van der Waals surface area contributed by atoms with E-state index in [9.17, 15) is 4.79 Å². The first-order valence-corrected chi connectivity index (χ1v) is 9.03. The van der Waals surface area contributed by atoms with Crippen LogP contribution in [0.5, 0.6) is 0 Å². The van der Waals surface area contributed by atoms with Gasteiger partial charge in [0, 0.05) is 26.0 Å². The van der Waals surface area contributed by atoms with Gasteiger partial charge in [-0.25, -0.2) is 0 Å². The number of hydrogen-bond acceptors (Lipinski definition) is 4. The maximum Gasteiger partial charge on any atom is 0.246 e. The Morgan fingerprint density at radius 1 is 1.20 bits per heavy atom. The van der Waals surface area contributed by atoms with E-state index in [2.05, 4.69) is 26.9 Å². The van der Waals surface area contributed by atoms with Gasteiger partial charge in [0.2, 0.25) is 5.91 Å². The van der Waals surface area contributed by atoms with Crippen molar-refractivity contribution in [1.82, 2.24) is 19.7 Å². The van der Waals surface area contributed by atoms with Gasteiger partial charge in [-0.15, -0.1) is 10.2 Å². The van der Waals surface area contributed by atoms with Gasteiger partial charge in [0.1, 0.15) is 11.9 Å². The van der Waals surface area contributed by atoms with Gasteiger partial charge in [0.05, 0.1) is 13.2 Å². The van der Waals surface area contributed by atoms with Crippen molar-refractivity contribution < 1.29 is 9.53 Å². The molecule has 1 aliphatic carbocycles. The smallest absolute Gasteiger partial charge is 0.246 e. The number of fused-ring (bicyclic) bond motifs is 1. The second-order valence-corrected chi connectivity index (χ2v) is 6.93. The number of rotatable bonds is 6. The highest BCUT2D eigenvalue weighted by Gasteiger charge is 2.38. The monoisotopic (exact) mass is 340 g/mol. The minimum Gasteiger partial charge on any atom is -0.383 e. The molecule has 1 aromatic heterocycles. The van der Waals surface area contributed by atoms with E-state index in [-0.39, 0.29) is 11.9 Å². The molecule has 2 aromatic rings. The van der Waals surface area contributed by atoms with Crippen LogP contribution < -0.4 is 0 Å². The summed E-state index contributed by atoms with van der Waals surface area (Å²) in [4.78, 5) is 15.0. The molecule has 6 heteroatoms. The minimum atomic E-state index is -0.256.